The zero-order valence-corrected chi connectivity index (χ0v) is 10.9. The van der Waals surface area contributed by atoms with Crippen molar-refractivity contribution in [3.8, 4) is 0 Å². The molecule has 0 bridgehead atoms. The fraction of sp³-hybridized carbons (Fsp3) is 0.400. The van der Waals surface area contributed by atoms with Gasteiger partial charge in [-0.05, 0) is 10.8 Å². The van der Waals surface area contributed by atoms with Crippen molar-refractivity contribution in [2.45, 2.75) is 26.7 Å². The van der Waals surface area contributed by atoms with Crippen LogP contribution in [0.4, 0.5) is 0 Å². The molecule has 0 aromatic rings. The predicted octanol–water partition coefficient (Wildman–Crippen LogP) is 3.84. The average Bonchev–Trinajstić information content (AvgIpc) is 2.26. The molecule has 0 rings (SSSR count). The van der Waals surface area contributed by atoms with Crippen molar-refractivity contribution in [3.05, 3.63) is 20.9 Å². The molecule has 0 fully saturated rings. The van der Waals surface area contributed by atoms with Gasteiger partial charge in [-0.2, -0.15) is 0 Å². The third-order valence-corrected chi connectivity index (χ3v) is 3.16. The number of hydrogen-bond acceptors (Lipinski definition) is 3. The van der Waals surface area contributed by atoms with E-state index in [-0.39, 0.29) is 21.6 Å². The Morgan fingerprint density at radius 1 is 1.00 bits per heavy atom. The summed E-state index contributed by atoms with van der Waals surface area (Å²) in [5.74, 6) is -0.258. The monoisotopic (exact) mass is 266 g/mol. The second-order valence-electron chi connectivity index (χ2n) is 2.62. The molecule has 0 aliphatic carbocycles. The molecule has 0 radical (unpaired) electrons. The molecule has 0 spiro atoms. The lowest BCUT2D eigenvalue weighted by molar-refractivity contribution is -0.115. The van der Waals surface area contributed by atoms with Crippen molar-refractivity contribution >= 4 is 46.5 Å². The van der Waals surface area contributed by atoms with Crippen molar-refractivity contribution in [1.82, 2.24) is 0 Å². The first kappa shape index (κ1) is 14.8. The van der Waals surface area contributed by atoms with E-state index in [1.54, 1.807) is 13.8 Å². The van der Waals surface area contributed by atoms with Crippen LogP contribution in [-0.2, 0) is 9.59 Å². The van der Waals surface area contributed by atoms with E-state index in [0.717, 1.165) is 11.8 Å². The van der Waals surface area contributed by atoms with Crippen LogP contribution in [0.5, 0.6) is 0 Å². The number of carbonyl (C=O) groups is 2. The molecule has 15 heavy (non-hydrogen) atoms. The van der Waals surface area contributed by atoms with Crippen LogP contribution in [-0.4, -0.2) is 11.6 Å². The largest absolute Gasteiger partial charge is 0.293 e. The Labute approximate surface area is 104 Å². The van der Waals surface area contributed by atoms with E-state index in [0.29, 0.717) is 12.8 Å². The second-order valence-corrected chi connectivity index (χ2v) is 4.18. The Morgan fingerprint density at radius 2 is 1.33 bits per heavy atom. The van der Waals surface area contributed by atoms with Gasteiger partial charge in [0.1, 0.15) is 0 Å². The third-order valence-electron chi connectivity index (χ3n) is 1.52. The average molecular weight is 267 g/mol. The first-order chi connectivity index (χ1) is 7.02. The van der Waals surface area contributed by atoms with Crippen LogP contribution >= 0.6 is 35.0 Å². The van der Waals surface area contributed by atoms with E-state index in [4.69, 9.17) is 23.2 Å². The predicted molar refractivity (Wildman–Crippen MR) is 66.1 cm³/mol. The lowest BCUT2D eigenvalue weighted by atomic mass is 10.3. The maximum absolute atomic E-state index is 11.0. The Kier molecular flexibility index (Phi) is 7.83. The highest BCUT2D eigenvalue weighted by atomic mass is 35.5. The second kappa shape index (κ2) is 7.97. The molecule has 0 unspecified atom stereocenters. The Morgan fingerprint density at radius 3 is 1.60 bits per heavy atom. The van der Waals surface area contributed by atoms with Crippen LogP contribution in [0.1, 0.15) is 26.7 Å². The van der Waals surface area contributed by atoms with Crippen molar-refractivity contribution < 1.29 is 9.59 Å². The molecular weight excluding hydrogens is 255 g/mol. The van der Waals surface area contributed by atoms with Crippen molar-refractivity contribution in [3.63, 3.8) is 0 Å². The highest BCUT2D eigenvalue weighted by molar-refractivity contribution is 8.05. The summed E-state index contributed by atoms with van der Waals surface area (Å²) in [5, 5.41) is 3.26. The van der Waals surface area contributed by atoms with Crippen molar-refractivity contribution in [2.24, 2.45) is 0 Å². The highest BCUT2D eigenvalue weighted by Gasteiger charge is 2.04. The topological polar surface area (TPSA) is 34.1 Å². The molecule has 0 N–H and O–H groups in total. The van der Waals surface area contributed by atoms with Crippen LogP contribution in [0.3, 0.4) is 0 Å². The first-order valence-corrected chi connectivity index (χ1v) is 6.16. The van der Waals surface area contributed by atoms with Gasteiger partial charge in [0.2, 0.25) is 0 Å². The number of carbonyl (C=O) groups excluding carboxylic acids is 2. The van der Waals surface area contributed by atoms with Gasteiger partial charge in [0.05, 0.1) is 10.1 Å². The van der Waals surface area contributed by atoms with Crippen molar-refractivity contribution in [1.29, 1.82) is 0 Å². The van der Waals surface area contributed by atoms with Gasteiger partial charge in [-0.15, -0.1) is 11.8 Å². The first-order valence-electron chi connectivity index (χ1n) is 4.46. The van der Waals surface area contributed by atoms with Crippen LogP contribution in [0, 0.1) is 0 Å². The molecule has 0 aliphatic rings. The molecule has 0 aromatic carbocycles. The normalized spacial score (nSPS) is 12.8. The molecule has 0 amide bonds. The van der Waals surface area contributed by atoms with E-state index >= 15 is 0 Å². The zero-order valence-electron chi connectivity index (χ0n) is 8.55. The fourth-order valence-electron chi connectivity index (χ4n) is 0.623. The summed E-state index contributed by atoms with van der Waals surface area (Å²) in [6.07, 6.45) is 0.725. The fourth-order valence-corrected chi connectivity index (χ4v) is 1.77. The van der Waals surface area contributed by atoms with E-state index in [9.17, 15) is 9.59 Å². The summed E-state index contributed by atoms with van der Waals surface area (Å²) in [6.45, 7) is 3.46. The van der Waals surface area contributed by atoms with E-state index < -0.39 is 0 Å². The molecule has 0 atom stereocenters. The Bertz CT molecular complexity index is 279. The maximum Gasteiger partial charge on any atom is 0.174 e. The Balaban J connectivity index is 4.28. The number of thioether (sulfide) groups is 1. The molecule has 84 valence electrons. The highest BCUT2D eigenvalue weighted by Crippen LogP contribution is 2.18. The molecule has 0 saturated carbocycles. The van der Waals surface area contributed by atoms with Gasteiger partial charge in [-0.3, -0.25) is 9.59 Å². The summed E-state index contributed by atoms with van der Waals surface area (Å²) in [5.41, 5.74) is 0. The molecule has 0 heterocycles. The molecular formula is C10H12Cl2O2S. The maximum atomic E-state index is 11.0. The van der Waals surface area contributed by atoms with E-state index in [1.165, 1.54) is 10.8 Å². The van der Waals surface area contributed by atoms with E-state index in [1.807, 2.05) is 0 Å². The number of halogens is 2. The molecule has 0 saturated heterocycles. The van der Waals surface area contributed by atoms with E-state index in [2.05, 4.69) is 0 Å². The van der Waals surface area contributed by atoms with Gasteiger partial charge < -0.3 is 0 Å². The molecule has 0 aliphatic heterocycles. The van der Waals surface area contributed by atoms with Gasteiger partial charge >= 0.3 is 0 Å². The number of allylic oxidation sites excluding steroid dienone is 2. The standard InChI is InChI=1S/C10H12Cl2O2S/c1-3-9(13)7(11)5-15-6-8(12)10(14)4-2/h5-6H,3-4H2,1-2H3. The number of hydrogen-bond donors (Lipinski definition) is 0. The van der Waals surface area contributed by atoms with Gasteiger partial charge in [0.15, 0.2) is 11.6 Å². The zero-order chi connectivity index (χ0) is 11.8. The summed E-state index contributed by atoms with van der Waals surface area (Å²) in [4.78, 5) is 22.1. The van der Waals surface area contributed by atoms with Crippen LogP contribution in [0.2, 0.25) is 0 Å². The van der Waals surface area contributed by atoms with Gasteiger partial charge in [-0.25, -0.2) is 0 Å². The van der Waals surface area contributed by atoms with Crippen LogP contribution < -0.4 is 0 Å². The number of ketones is 2. The third kappa shape index (κ3) is 6.03. The Hall–Kier alpha value is -0.250. The minimum Gasteiger partial charge on any atom is -0.293 e. The summed E-state index contributed by atoms with van der Waals surface area (Å²) in [6, 6.07) is 0. The van der Waals surface area contributed by atoms with Gasteiger partial charge in [-0.1, -0.05) is 37.0 Å². The van der Waals surface area contributed by atoms with Gasteiger partial charge in [0.25, 0.3) is 0 Å². The SMILES string of the molecule is CCC(=O)C(Cl)=CSC=C(Cl)C(=O)CC. The molecule has 5 heteroatoms. The minimum absolute atomic E-state index is 0.129. The molecule has 0 aromatic heterocycles. The van der Waals surface area contributed by atoms with Crippen molar-refractivity contribution in [2.75, 3.05) is 0 Å². The number of Topliss-reactive ketones (excluding diaryl/α,β-unsaturated/α-hetero) is 2. The molecule has 2 nitrogen and oxygen atoms in total. The minimum atomic E-state index is -0.129. The summed E-state index contributed by atoms with van der Waals surface area (Å²) in [7, 11) is 0. The van der Waals surface area contributed by atoms with Gasteiger partial charge in [0, 0.05) is 12.8 Å². The quantitative estimate of drug-likeness (QED) is 0.686. The summed E-state index contributed by atoms with van der Waals surface area (Å²) < 4.78 is 0. The van der Waals surface area contributed by atoms with Crippen LogP contribution in [0.25, 0.3) is 0 Å². The summed E-state index contributed by atoms with van der Waals surface area (Å²) >= 11 is 12.5. The lowest BCUT2D eigenvalue weighted by Gasteiger charge is -1.94. The number of rotatable bonds is 6. The smallest absolute Gasteiger partial charge is 0.174 e. The van der Waals surface area contributed by atoms with Crippen LogP contribution in [0.15, 0.2) is 20.9 Å². The lowest BCUT2D eigenvalue weighted by Crippen LogP contribution is -1.93.